The summed E-state index contributed by atoms with van der Waals surface area (Å²) in [7, 11) is -7.22. The van der Waals surface area contributed by atoms with E-state index in [1.165, 1.54) is 34.6 Å². The first-order valence-electron chi connectivity index (χ1n) is 10.1. The number of rotatable bonds is 8. The minimum absolute atomic E-state index is 0.0281. The number of nitrogens with one attached hydrogen (secondary N) is 2. The molecule has 0 aliphatic carbocycles. The Labute approximate surface area is 188 Å². The first-order chi connectivity index (χ1) is 15.1. The monoisotopic (exact) mass is 481 g/mol. The molecule has 1 fully saturated rings. The maximum Gasteiger partial charge on any atom is 0.261 e. The summed E-state index contributed by atoms with van der Waals surface area (Å²) in [6, 6.07) is 10.8. The molecular weight excluding hydrogens is 454 g/mol. The zero-order chi connectivity index (χ0) is 23.4. The molecule has 1 aliphatic heterocycles. The molecule has 0 bridgehead atoms. The van der Waals surface area contributed by atoms with E-state index < -0.39 is 26.0 Å². The topological polar surface area (TPSA) is 122 Å². The van der Waals surface area contributed by atoms with Crippen molar-refractivity contribution in [2.45, 2.75) is 18.7 Å². The van der Waals surface area contributed by atoms with Gasteiger partial charge in [-0.3, -0.25) is 9.52 Å². The Morgan fingerprint density at radius 3 is 2.25 bits per heavy atom. The highest BCUT2D eigenvalue weighted by Crippen LogP contribution is 2.19. The molecule has 1 amide bonds. The molecule has 0 spiro atoms. The van der Waals surface area contributed by atoms with Gasteiger partial charge in [-0.15, -0.1) is 0 Å². The third-order valence-electron chi connectivity index (χ3n) is 5.20. The van der Waals surface area contributed by atoms with Crippen LogP contribution in [0.4, 0.5) is 5.69 Å². The van der Waals surface area contributed by atoms with E-state index in [0.717, 1.165) is 11.1 Å². The second kappa shape index (κ2) is 9.99. The van der Waals surface area contributed by atoms with Crippen molar-refractivity contribution in [2.24, 2.45) is 0 Å². The highest BCUT2D eigenvalue weighted by Gasteiger charge is 2.24. The van der Waals surface area contributed by atoms with E-state index >= 15 is 0 Å². The lowest BCUT2D eigenvalue weighted by molar-refractivity contribution is 0.0730. The Morgan fingerprint density at radius 2 is 1.62 bits per heavy atom. The molecule has 0 atom stereocenters. The summed E-state index contributed by atoms with van der Waals surface area (Å²) < 4.78 is 58.8. The summed E-state index contributed by atoms with van der Waals surface area (Å²) >= 11 is 0. The quantitative estimate of drug-likeness (QED) is 0.589. The second-order valence-electron chi connectivity index (χ2n) is 7.51. The van der Waals surface area contributed by atoms with E-state index in [1.807, 2.05) is 13.8 Å². The van der Waals surface area contributed by atoms with Gasteiger partial charge >= 0.3 is 0 Å². The second-order valence-corrected chi connectivity index (χ2v) is 11.3. The van der Waals surface area contributed by atoms with E-state index in [0.29, 0.717) is 37.6 Å². The average molecular weight is 482 g/mol. The number of morpholine rings is 1. The maximum atomic E-state index is 12.6. The van der Waals surface area contributed by atoms with Crippen LogP contribution in [0.1, 0.15) is 21.5 Å². The van der Waals surface area contributed by atoms with E-state index in [4.69, 9.17) is 4.74 Å². The Hall–Kier alpha value is -2.47. The molecule has 0 saturated carbocycles. The van der Waals surface area contributed by atoms with Crippen molar-refractivity contribution in [3.63, 3.8) is 0 Å². The lowest BCUT2D eigenvalue weighted by Gasteiger charge is -2.26. The summed E-state index contributed by atoms with van der Waals surface area (Å²) in [5, 5.41) is 2.58. The number of ether oxygens (including phenoxy) is 1. The minimum Gasteiger partial charge on any atom is -0.379 e. The number of amides is 1. The van der Waals surface area contributed by atoms with Crippen LogP contribution in [0.15, 0.2) is 47.4 Å². The standard InChI is InChI=1S/C21H27N3O6S2/c1-16-3-8-20(15-17(16)2)32(28,29)23-19-6-4-18(5-7-19)21(25)22-9-14-31(26,27)24-10-12-30-13-11-24/h3-8,15,23H,9-14H2,1-2H3,(H,22,25). The SMILES string of the molecule is Cc1ccc(S(=O)(=O)Nc2ccc(C(=O)NCCS(=O)(=O)N3CCOCC3)cc2)cc1C. The van der Waals surface area contributed by atoms with Crippen LogP contribution < -0.4 is 10.0 Å². The Balaban J connectivity index is 1.56. The van der Waals surface area contributed by atoms with E-state index in [9.17, 15) is 21.6 Å². The van der Waals surface area contributed by atoms with Gasteiger partial charge < -0.3 is 10.1 Å². The molecule has 9 nitrogen and oxygen atoms in total. The van der Waals surface area contributed by atoms with Gasteiger partial charge in [-0.05, 0) is 61.4 Å². The van der Waals surface area contributed by atoms with Crippen LogP contribution in [0.25, 0.3) is 0 Å². The van der Waals surface area contributed by atoms with E-state index in [-0.39, 0.29) is 17.2 Å². The summed E-state index contributed by atoms with van der Waals surface area (Å²) in [6.45, 7) is 5.08. The Morgan fingerprint density at radius 1 is 0.969 bits per heavy atom. The summed E-state index contributed by atoms with van der Waals surface area (Å²) in [5.74, 6) is -0.641. The number of hydrogen-bond donors (Lipinski definition) is 2. The van der Waals surface area contributed by atoms with Crippen LogP contribution in [-0.4, -0.2) is 65.6 Å². The fourth-order valence-electron chi connectivity index (χ4n) is 3.13. The molecule has 1 saturated heterocycles. The van der Waals surface area contributed by atoms with Crippen LogP contribution in [0.2, 0.25) is 0 Å². The zero-order valence-corrected chi connectivity index (χ0v) is 19.6. The first kappa shape index (κ1) is 24.2. The number of hydrogen-bond acceptors (Lipinski definition) is 6. The summed E-state index contributed by atoms with van der Waals surface area (Å²) in [4.78, 5) is 12.5. The average Bonchev–Trinajstić information content (AvgIpc) is 2.76. The van der Waals surface area contributed by atoms with Crippen LogP contribution in [0.3, 0.4) is 0 Å². The third kappa shape index (κ3) is 6.06. The van der Waals surface area contributed by atoms with Crippen molar-refractivity contribution < 1.29 is 26.4 Å². The number of nitrogens with zero attached hydrogens (tertiary/aromatic N) is 1. The molecule has 2 N–H and O–H groups in total. The fourth-order valence-corrected chi connectivity index (χ4v) is 5.60. The molecular formula is C21H27N3O6S2. The van der Waals surface area contributed by atoms with Gasteiger partial charge in [0.2, 0.25) is 10.0 Å². The number of anilines is 1. The number of sulfonamides is 2. The van der Waals surface area contributed by atoms with Gasteiger partial charge in [-0.2, -0.15) is 4.31 Å². The number of benzene rings is 2. The van der Waals surface area contributed by atoms with Crippen LogP contribution >= 0.6 is 0 Å². The molecule has 0 unspecified atom stereocenters. The molecule has 0 radical (unpaired) electrons. The molecule has 2 aromatic rings. The van der Waals surface area contributed by atoms with Gasteiger partial charge in [0.25, 0.3) is 15.9 Å². The maximum absolute atomic E-state index is 12.6. The van der Waals surface area contributed by atoms with Crippen LogP contribution in [-0.2, 0) is 24.8 Å². The molecule has 32 heavy (non-hydrogen) atoms. The van der Waals surface area contributed by atoms with Crippen molar-refractivity contribution in [3.8, 4) is 0 Å². The van der Waals surface area contributed by atoms with Gasteiger partial charge in [0.15, 0.2) is 0 Å². The van der Waals surface area contributed by atoms with Crippen LogP contribution in [0, 0.1) is 13.8 Å². The van der Waals surface area contributed by atoms with Crippen molar-refractivity contribution in [1.29, 1.82) is 0 Å². The fraction of sp³-hybridized carbons (Fsp3) is 0.381. The predicted octanol–water partition coefficient (Wildman–Crippen LogP) is 1.50. The highest BCUT2D eigenvalue weighted by atomic mass is 32.2. The minimum atomic E-state index is -3.76. The summed E-state index contributed by atoms with van der Waals surface area (Å²) in [6.07, 6.45) is 0. The molecule has 174 valence electrons. The van der Waals surface area contributed by atoms with Gasteiger partial charge in [0.1, 0.15) is 0 Å². The van der Waals surface area contributed by atoms with Gasteiger partial charge in [-0.1, -0.05) is 6.07 Å². The van der Waals surface area contributed by atoms with E-state index in [2.05, 4.69) is 10.0 Å². The predicted molar refractivity (Wildman–Crippen MR) is 122 cm³/mol. The van der Waals surface area contributed by atoms with Crippen molar-refractivity contribution in [1.82, 2.24) is 9.62 Å². The Kier molecular flexibility index (Phi) is 7.55. The molecule has 3 rings (SSSR count). The van der Waals surface area contributed by atoms with Crippen molar-refractivity contribution in [3.05, 3.63) is 59.2 Å². The lowest BCUT2D eigenvalue weighted by Crippen LogP contribution is -2.43. The highest BCUT2D eigenvalue weighted by molar-refractivity contribution is 7.92. The number of carbonyl (C=O) groups is 1. The van der Waals surface area contributed by atoms with Gasteiger partial charge in [-0.25, -0.2) is 16.8 Å². The summed E-state index contributed by atoms with van der Waals surface area (Å²) in [5.41, 5.74) is 2.48. The van der Waals surface area contributed by atoms with E-state index in [1.54, 1.807) is 12.1 Å². The molecule has 2 aromatic carbocycles. The largest absolute Gasteiger partial charge is 0.379 e. The molecule has 1 aliphatic rings. The van der Waals surface area contributed by atoms with Crippen LogP contribution in [0.5, 0.6) is 0 Å². The normalized spacial score (nSPS) is 15.3. The first-order valence-corrected chi connectivity index (χ1v) is 13.2. The zero-order valence-electron chi connectivity index (χ0n) is 18.0. The van der Waals surface area contributed by atoms with Crippen molar-refractivity contribution in [2.75, 3.05) is 43.3 Å². The van der Waals surface area contributed by atoms with Gasteiger partial charge in [0, 0.05) is 30.9 Å². The Bertz CT molecular complexity index is 1170. The smallest absolute Gasteiger partial charge is 0.261 e. The third-order valence-corrected chi connectivity index (χ3v) is 8.45. The number of carbonyl (C=O) groups excluding carboxylic acids is 1. The number of aryl methyl sites for hydroxylation is 2. The molecule has 0 aromatic heterocycles. The molecule has 1 heterocycles. The van der Waals surface area contributed by atoms with Crippen molar-refractivity contribution >= 4 is 31.6 Å². The van der Waals surface area contributed by atoms with Gasteiger partial charge in [0.05, 0.1) is 23.9 Å². The molecule has 11 heteroatoms. The lowest BCUT2D eigenvalue weighted by atomic mass is 10.1.